The molecule has 1 fully saturated rings. The number of benzene rings is 1. The Labute approximate surface area is 99.1 Å². The largest absolute Gasteiger partial charge is 0.293 e. The number of para-hydroxylation sites is 2. The van der Waals surface area contributed by atoms with Crippen LogP contribution in [0.15, 0.2) is 24.3 Å². The molecule has 0 bridgehead atoms. The number of sulfonamides is 1. The summed E-state index contributed by atoms with van der Waals surface area (Å²) in [6.07, 6.45) is 2.57. The van der Waals surface area contributed by atoms with Gasteiger partial charge in [-0.2, -0.15) is 0 Å². The van der Waals surface area contributed by atoms with E-state index in [2.05, 4.69) is 0 Å². The number of rotatable bonds is 4. The molecule has 1 saturated carbocycles. The molecule has 17 heavy (non-hydrogen) atoms. The van der Waals surface area contributed by atoms with Gasteiger partial charge in [0.05, 0.1) is 11.2 Å². The van der Waals surface area contributed by atoms with Crippen LogP contribution in [0.25, 0.3) is 0 Å². The number of nitro benzene ring substituents is 1. The van der Waals surface area contributed by atoms with E-state index in [0.717, 1.165) is 23.4 Å². The third-order valence-electron chi connectivity index (χ3n) is 2.55. The quantitative estimate of drug-likeness (QED) is 0.604. The molecule has 1 aromatic carbocycles. The zero-order valence-electron chi connectivity index (χ0n) is 9.24. The number of anilines is 1. The standard InChI is InChI=1S/C10H12N2O4S/c1-17(15,16)11(8-6-7-8)9-4-2-3-5-10(9)12(13)14/h2-5,8H,6-7H2,1H3. The fraction of sp³-hybridized carbons (Fsp3) is 0.400. The number of nitro groups is 1. The van der Waals surface area contributed by atoms with Gasteiger partial charge in [0, 0.05) is 12.1 Å². The van der Waals surface area contributed by atoms with Gasteiger partial charge >= 0.3 is 0 Å². The minimum absolute atomic E-state index is 0.133. The van der Waals surface area contributed by atoms with Gasteiger partial charge in [-0.3, -0.25) is 14.4 Å². The highest BCUT2D eigenvalue weighted by molar-refractivity contribution is 7.92. The smallest absolute Gasteiger partial charge is 0.260 e. The molecule has 1 aromatic rings. The van der Waals surface area contributed by atoms with Crippen molar-refractivity contribution in [3.8, 4) is 0 Å². The Balaban J connectivity index is 2.54. The molecule has 0 heterocycles. The lowest BCUT2D eigenvalue weighted by Crippen LogP contribution is -2.32. The van der Waals surface area contributed by atoms with E-state index >= 15 is 0 Å². The van der Waals surface area contributed by atoms with Crippen molar-refractivity contribution < 1.29 is 13.3 Å². The summed E-state index contributed by atoms with van der Waals surface area (Å²) in [4.78, 5) is 10.3. The lowest BCUT2D eigenvalue weighted by Gasteiger charge is -2.21. The Morgan fingerprint density at radius 3 is 2.41 bits per heavy atom. The van der Waals surface area contributed by atoms with Crippen LogP contribution >= 0.6 is 0 Å². The SMILES string of the molecule is CS(=O)(=O)N(c1ccccc1[N+](=O)[O-])C1CC1. The molecule has 0 saturated heterocycles. The zero-order chi connectivity index (χ0) is 12.6. The van der Waals surface area contributed by atoms with Crippen molar-refractivity contribution >= 4 is 21.4 Å². The van der Waals surface area contributed by atoms with Crippen LogP contribution in [0.2, 0.25) is 0 Å². The fourth-order valence-electron chi connectivity index (χ4n) is 1.76. The van der Waals surface area contributed by atoms with Crippen LogP contribution in [0.5, 0.6) is 0 Å². The molecular weight excluding hydrogens is 244 g/mol. The van der Waals surface area contributed by atoms with Crippen LogP contribution in [-0.2, 0) is 10.0 Å². The first-order valence-electron chi connectivity index (χ1n) is 5.14. The van der Waals surface area contributed by atoms with E-state index in [1.807, 2.05) is 0 Å². The molecular formula is C10H12N2O4S. The second-order valence-electron chi connectivity index (χ2n) is 4.04. The molecule has 0 amide bonds. The van der Waals surface area contributed by atoms with Gasteiger partial charge in [0.25, 0.3) is 5.69 Å². The van der Waals surface area contributed by atoms with Crippen molar-refractivity contribution in [2.45, 2.75) is 18.9 Å². The van der Waals surface area contributed by atoms with Gasteiger partial charge < -0.3 is 0 Å². The normalized spacial score (nSPS) is 15.6. The molecule has 7 heteroatoms. The van der Waals surface area contributed by atoms with E-state index in [9.17, 15) is 18.5 Å². The first-order chi connectivity index (χ1) is 7.91. The van der Waals surface area contributed by atoms with E-state index in [-0.39, 0.29) is 17.4 Å². The average Bonchev–Trinajstić information content (AvgIpc) is 3.00. The lowest BCUT2D eigenvalue weighted by atomic mass is 10.2. The van der Waals surface area contributed by atoms with Gasteiger partial charge in [-0.05, 0) is 18.9 Å². The number of hydrogen-bond donors (Lipinski definition) is 0. The highest BCUT2D eigenvalue weighted by Crippen LogP contribution is 2.38. The van der Waals surface area contributed by atoms with Crippen LogP contribution in [-0.4, -0.2) is 25.6 Å². The van der Waals surface area contributed by atoms with E-state index in [1.165, 1.54) is 18.2 Å². The Hall–Kier alpha value is -1.63. The third kappa shape index (κ3) is 2.38. The van der Waals surface area contributed by atoms with Crippen molar-refractivity contribution in [1.82, 2.24) is 0 Å². The highest BCUT2D eigenvalue weighted by atomic mass is 32.2. The maximum absolute atomic E-state index is 11.7. The van der Waals surface area contributed by atoms with Crippen LogP contribution in [0, 0.1) is 10.1 Å². The molecule has 92 valence electrons. The lowest BCUT2D eigenvalue weighted by molar-refractivity contribution is -0.384. The summed E-state index contributed by atoms with van der Waals surface area (Å²) in [5.41, 5.74) is -0.0210. The van der Waals surface area contributed by atoms with Crippen LogP contribution in [0.1, 0.15) is 12.8 Å². The van der Waals surface area contributed by atoms with Crippen LogP contribution in [0.3, 0.4) is 0 Å². The first-order valence-corrected chi connectivity index (χ1v) is 6.99. The summed E-state index contributed by atoms with van der Waals surface area (Å²) in [7, 11) is -3.48. The van der Waals surface area contributed by atoms with Crippen molar-refractivity contribution in [3.05, 3.63) is 34.4 Å². The maximum Gasteiger partial charge on any atom is 0.293 e. The molecule has 6 nitrogen and oxygen atoms in total. The summed E-state index contributed by atoms with van der Waals surface area (Å²) in [5.74, 6) is 0. The van der Waals surface area contributed by atoms with E-state index in [1.54, 1.807) is 6.07 Å². The second kappa shape index (κ2) is 3.99. The molecule has 0 atom stereocenters. The van der Waals surface area contributed by atoms with Crippen molar-refractivity contribution in [1.29, 1.82) is 0 Å². The fourth-order valence-corrected chi connectivity index (χ4v) is 3.02. The molecule has 2 rings (SSSR count). The predicted molar refractivity (Wildman–Crippen MR) is 63.4 cm³/mol. The van der Waals surface area contributed by atoms with Crippen LogP contribution in [0.4, 0.5) is 11.4 Å². The summed E-state index contributed by atoms with van der Waals surface area (Å²) in [6, 6.07) is 5.77. The van der Waals surface area contributed by atoms with Crippen molar-refractivity contribution in [2.24, 2.45) is 0 Å². The summed E-state index contributed by atoms with van der Waals surface area (Å²) < 4.78 is 24.5. The summed E-state index contributed by atoms with van der Waals surface area (Å²) in [5, 5.41) is 10.9. The highest BCUT2D eigenvalue weighted by Gasteiger charge is 2.38. The van der Waals surface area contributed by atoms with E-state index in [4.69, 9.17) is 0 Å². The van der Waals surface area contributed by atoms with Crippen molar-refractivity contribution in [3.63, 3.8) is 0 Å². The number of hydrogen-bond acceptors (Lipinski definition) is 4. The van der Waals surface area contributed by atoms with Gasteiger partial charge in [-0.1, -0.05) is 12.1 Å². The van der Waals surface area contributed by atoms with Gasteiger partial charge in [-0.15, -0.1) is 0 Å². The predicted octanol–water partition coefficient (Wildman–Crippen LogP) is 1.52. The molecule has 1 aliphatic rings. The molecule has 0 aliphatic heterocycles. The van der Waals surface area contributed by atoms with Gasteiger partial charge in [-0.25, -0.2) is 8.42 Å². The van der Waals surface area contributed by atoms with Gasteiger partial charge in [0.1, 0.15) is 5.69 Å². The molecule has 0 radical (unpaired) electrons. The third-order valence-corrected chi connectivity index (χ3v) is 3.76. The Kier molecular flexibility index (Phi) is 2.78. The minimum Gasteiger partial charge on any atom is -0.260 e. The maximum atomic E-state index is 11.7. The average molecular weight is 256 g/mol. The molecule has 0 unspecified atom stereocenters. The molecule has 0 N–H and O–H groups in total. The topological polar surface area (TPSA) is 80.5 Å². The molecule has 0 aromatic heterocycles. The molecule has 0 spiro atoms. The Bertz CT molecular complexity index is 551. The first kappa shape index (κ1) is 11.8. The number of nitrogens with zero attached hydrogens (tertiary/aromatic N) is 2. The summed E-state index contributed by atoms with van der Waals surface area (Å²) >= 11 is 0. The zero-order valence-corrected chi connectivity index (χ0v) is 10.1. The van der Waals surface area contributed by atoms with Crippen LogP contribution < -0.4 is 4.31 Å². The van der Waals surface area contributed by atoms with Gasteiger partial charge in [0.2, 0.25) is 10.0 Å². The Morgan fingerprint density at radius 1 is 1.35 bits per heavy atom. The second-order valence-corrected chi connectivity index (χ2v) is 5.90. The Morgan fingerprint density at radius 2 is 1.94 bits per heavy atom. The summed E-state index contributed by atoms with van der Waals surface area (Å²) in [6.45, 7) is 0. The monoisotopic (exact) mass is 256 g/mol. The van der Waals surface area contributed by atoms with E-state index < -0.39 is 14.9 Å². The van der Waals surface area contributed by atoms with E-state index in [0.29, 0.717) is 0 Å². The minimum atomic E-state index is -3.48. The molecule has 1 aliphatic carbocycles. The van der Waals surface area contributed by atoms with Gasteiger partial charge in [0.15, 0.2) is 0 Å². The van der Waals surface area contributed by atoms with Crippen molar-refractivity contribution in [2.75, 3.05) is 10.6 Å².